The van der Waals surface area contributed by atoms with E-state index in [9.17, 15) is 9.59 Å². The molecule has 0 atom stereocenters. The third-order valence-electron chi connectivity index (χ3n) is 0.798. The first-order chi connectivity index (χ1) is 6.45. The van der Waals surface area contributed by atoms with Gasteiger partial charge >= 0.3 is 5.97 Å². The standard InChI is InChI=1S/C5H8O2.C4H3NO2/c1-3-7-4-5(2)6;1-3(2-5)4(6)7/h3H,1,4H2,2H3;1H2,(H,6,7). The Morgan fingerprint density at radius 3 is 2.21 bits per heavy atom. The van der Waals surface area contributed by atoms with E-state index in [-0.39, 0.29) is 12.4 Å². The number of carbonyl (C=O) groups is 2. The minimum absolute atomic E-state index is 0.0138. The van der Waals surface area contributed by atoms with Gasteiger partial charge in [0.15, 0.2) is 5.78 Å². The van der Waals surface area contributed by atoms with Crippen LogP contribution in [0.3, 0.4) is 0 Å². The summed E-state index contributed by atoms with van der Waals surface area (Å²) in [5, 5.41) is 15.6. The molecule has 0 saturated heterocycles. The number of Topliss-reactive ketones (excluding diaryl/α,β-unsaturated/α-hetero) is 1. The number of aliphatic carboxylic acids is 1. The van der Waals surface area contributed by atoms with Gasteiger partial charge in [-0.05, 0) is 6.92 Å². The monoisotopic (exact) mass is 197 g/mol. The summed E-state index contributed by atoms with van der Waals surface area (Å²) in [6, 6.07) is 1.37. The van der Waals surface area contributed by atoms with E-state index in [0.717, 1.165) is 0 Å². The topological polar surface area (TPSA) is 87.4 Å². The molecule has 0 saturated carbocycles. The normalized spacial score (nSPS) is 7.14. The van der Waals surface area contributed by atoms with Crippen molar-refractivity contribution in [3.05, 3.63) is 25.0 Å². The summed E-state index contributed by atoms with van der Waals surface area (Å²) >= 11 is 0. The lowest BCUT2D eigenvalue weighted by Gasteiger charge is -1.90. The molecule has 0 rings (SSSR count). The molecule has 1 N–H and O–H groups in total. The maximum atomic E-state index is 10.0. The van der Waals surface area contributed by atoms with Crippen LogP contribution in [0.25, 0.3) is 0 Å². The highest BCUT2D eigenvalue weighted by molar-refractivity contribution is 5.90. The van der Waals surface area contributed by atoms with Gasteiger partial charge in [-0.2, -0.15) is 5.26 Å². The molecule has 0 amide bonds. The summed E-state index contributed by atoms with van der Waals surface area (Å²) in [6.07, 6.45) is 1.25. The van der Waals surface area contributed by atoms with E-state index in [1.807, 2.05) is 0 Å². The molecular formula is C9H11NO4. The zero-order valence-electron chi connectivity index (χ0n) is 7.82. The molecule has 0 aliphatic heterocycles. The SMILES string of the molecule is C=C(C#N)C(=O)O.C=COCC(C)=O. The summed E-state index contributed by atoms with van der Waals surface area (Å²) in [4.78, 5) is 19.6. The van der Waals surface area contributed by atoms with Crippen molar-refractivity contribution in [3.8, 4) is 6.07 Å². The maximum Gasteiger partial charge on any atom is 0.345 e. The second-order valence-corrected chi connectivity index (χ2v) is 2.08. The Bertz CT molecular complexity index is 275. The number of ether oxygens (including phenoxy) is 1. The molecule has 14 heavy (non-hydrogen) atoms. The first kappa shape index (κ1) is 14.4. The van der Waals surface area contributed by atoms with Gasteiger partial charge in [0.2, 0.25) is 0 Å². The molecule has 5 nitrogen and oxygen atoms in total. The largest absolute Gasteiger partial charge is 0.494 e. The van der Waals surface area contributed by atoms with Gasteiger partial charge in [0, 0.05) is 0 Å². The van der Waals surface area contributed by atoms with E-state index < -0.39 is 11.5 Å². The molecule has 0 bridgehead atoms. The lowest BCUT2D eigenvalue weighted by molar-refractivity contribution is -0.132. The number of hydrogen-bond donors (Lipinski definition) is 1. The Morgan fingerprint density at radius 2 is 2.14 bits per heavy atom. The number of rotatable bonds is 4. The van der Waals surface area contributed by atoms with E-state index >= 15 is 0 Å². The van der Waals surface area contributed by atoms with Crippen LogP contribution in [0.1, 0.15) is 6.92 Å². The fourth-order valence-electron chi connectivity index (χ4n) is 0.224. The van der Waals surface area contributed by atoms with Crippen LogP contribution in [0.15, 0.2) is 25.0 Å². The second kappa shape index (κ2) is 9.00. The fraction of sp³-hybridized carbons (Fsp3) is 0.222. The van der Waals surface area contributed by atoms with Crippen LogP contribution in [-0.2, 0) is 14.3 Å². The number of carboxylic acids is 1. The van der Waals surface area contributed by atoms with Gasteiger partial charge in [0.1, 0.15) is 18.2 Å². The zero-order valence-corrected chi connectivity index (χ0v) is 7.82. The van der Waals surface area contributed by atoms with Crippen molar-refractivity contribution >= 4 is 11.8 Å². The number of ketones is 1. The van der Waals surface area contributed by atoms with Crippen LogP contribution in [0, 0.1) is 11.3 Å². The van der Waals surface area contributed by atoms with Crippen molar-refractivity contribution < 1.29 is 19.4 Å². The lowest BCUT2D eigenvalue weighted by Crippen LogP contribution is -1.98. The number of nitriles is 1. The van der Waals surface area contributed by atoms with Crippen LogP contribution in [-0.4, -0.2) is 23.5 Å². The van der Waals surface area contributed by atoms with Gasteiger partial charge in [-0.3, -0.25) is 4.79 Å². The molecule has 0 spiro atoms. The highest BCUT2D eigenvalue weighted by Crippen LogP contribution is 1.81. The van der Waals surface area contributed by atoms with E-state index in [4.69, 9.17) is 10.4 Å². The average Bonchev–Trinajstić information content (AvgIpc) is 2.14. The molecule has 0 aliphatic rings. The number of nitrogens with zero attached hydrogens (tertiary/aromatic N) is 1. The highest BCUT2D eigenvalue weighted by Gasteiger charge is 1.97. The molecular weight excluding hydrogens is 186 g/mol. The Morgan fingerprint density at radius 1 is 1.64 bits per heavy atom. The predicted molar refractivity (Wildman–Crippen MR) is 49.2 cm³/mol. The minimum Gasteiger partial charge on any atom is -0.494 e. The smallest absolute Gasteiger partial charge is 0.345 e. The first-order valence-electron chi connectivity index (χ1n) is 3.50. The van der Waals surface area contributed by atoms with E-state index in [0.29, 0.717) is 0 Å². The van der Waals surface area contributed by atoms with Gasteiger partial charge in [0.05, 0.1) is 6.26 Å². The van der Waals surface area contributed by atoms with Crippen LogP contribution < -0.4 is 0 Å². The van der Waals surface area contributed by atoms with E-state index in [1.165, 1.54) is 19.3 Å². The molecule has 0 fully saturated rings. The van der Waals surface area contributed by atoms with Gasteiger partial charge in [0.25, 0.3) is 0 Å². The molecule has 5 heteroatoms. The highest BCUT2D eigenvalue weighted by atomic mass is 16.5. The Labute approximate surface area is 81.9 Å². The maximum absolute atomic E-state index is 10.0. The van der Waals surface area contributed by atoms with E-state index in [2.05, 4.69) is 17.9 Å². The lowest BCUT2D eigenvalue weighted by atomic mass is 10.4. The molecule has 0 aliphatic carbocycles. The quantitative estimate of drug-likeness (QED) is 0.410. The first-order valence-corrected chi connectivity index (χ1v) is 3.50. The van der Waals surface area contributed by atoms with Crippen molar-refractivity contribution in [3.63, 3.8) is 0 Å². The third-order valence-corrected chi connectivity index (χ3v) is 0.798. The molecule has 0 aromatic rings. The van der Waals surface area contributed by atoms with Crippen molar-refractivity contribution in [1.29, 1.82) is 5.26 Å². The molecule has 0 heterocycles. The van der Waals surface area contributed by atoms with Crippen LogP contribution >= 0.6 is 0 Å². The Hall–Kier alpha value is -2.09. The Kier molecular flexibility index (Phi) is 9.28. The van der Waals surface area contributed by atoms with Crippen LogP contribution in [0.2, 0.25) is 0 Å². The van der Waals surface area contributed by atoms with Gasteiger partial charge in [-0.15, -0.1) is 0 Å². The zero-order chi connectivity index (χ0) is 11.6. The molecule has 0 radical (unpaired) electrons. The summed E-state index contributed by atoms with van der Waals surface area (Å²) in [5.41, 5.74) is -0.431. The average molecular weight is 197 g/mol. The summed E-state index contributed by atoms with van der Waals surface area (Å²) in [7, 11) is 0. The second-order valence-electron chi connectivity index (χ2n) is 2.08. The third kappa shape index (κ3) is 12.6. The van der Waals surface area contributed by atoms with Gasteiger partial charge in [-0.25, -0.2) is 4.79 Å². The van der Waals surface area contributed by atoms with Crippen molar-refractivity contribution in [2.75, 3.05) is 6.61 Å². The minimum atomic E-state index is -1.26. The van der Waals surface area contributed by atoms with Gasteiger partial charge < -0.3 is 9.84 Å². The van der Waals surface area contributed by atoms with Crippen LogP contribution in [0.4, 0.5) is 0 Å². The molecule has 76 valence electrons. The number of carboxylic acid groups (broad SMARTS) is 1. The van der Waals surface area contributed by atoms with Gasteiger partial charge in [-0.1, -0.05) is 13.2 Å². The predicted octanol–water partition coefficient (Wildman–Crippen LogP) is 0.886. The molecule has 0 aromatic carbocycles. The molecule has 0 aromatic heterocycles. The summed E-state index contributed by atoms with van der Waals surface area (Å²) in [5.74, 6) is -1.25. The fourth-order valence-corrected chi connectivity index (χ4v) is 0.224. The Balaban J connectivity index is 0. The van der Waals surface area contributed by atoms with Crippen molar-refractivity contribution in [1.82, 2.24) is 0 Å². The summed E-state index contributed by atoms with van der Waals surface area (Å²) < 4.78 is 4.51. The number of carbonyl (C=O) groups excluding carboxylic acids is 1. The van der Waals surface area contributed by atoms with E-state index in [1.54, 1.807) is 0 Å². The number of hydrogen-bond acceptors (Lipinski definition) is 4. The van der Waals surface area contributed by atoms with Crippen molar-refractivity contribution in [2.24, 2.45) is 0 Å². The van der Waals surface area contributed by atoms with Crippen molar-refractivity contribution in [2.45, 2.75) is 6.92 Å². The summed E-state index contributed by atoms with van der Waals surface area (Å²) in [6.45, 7) is 7.77. The molecule has 0 unspecified atom stereocenters. The van der Waals surface area contributed by atoms with Crippen LogP contribution in [0.5, 0.6) is 0 Å².